The molecule has 2 saturated heterocycles. The normalized spacial score (nSPS) is 22.7. The number of aromatic nitrogens is 2. The van der Waals surface area contributed by atoms with E-state index in [9.17, 15) is 9.59 Å². The number of rotatable bonds is 4. The van der Waals surface area contributed by atoms with Gasteiger partial charge in [-0.2, -0.15) is 0 Å². The van der Waals surface area contributed by atoms with Crippen molar-refractivity contribution in [3.05, 3.63) is 17.1 Å². The van der Waals surface area contributed by atoms with E-state index in [0.717, 1.165) is 62.5 Å². The maximum absolute atomic E-state index is 13.1. The molecule has 0 bridgehead atoms. The molecule has 1 aromatic heterocycles. The van der Waals surface area contributed by atoms with Crippen molar-refractivity contribution in [1.82, 2.24) is 24.7 Å². The van der Waals surface area contributed by atoms with Gasteiger partial charge in [-0.1, -0.05) is 0 Å². The third-order valence-electron chi connectivity index (χ3n) is 6.29. The Balaban J connectivity index is 1.62. The van der Waals surface area contributed by atoms with Crippen molar-refractivity contribution in [1.29, 1.82) is 0 Å². The lowest BCUT2D eigenvalue weighted by atomic mass is 9.99. The van der Waals surface area contributed by atoms with Crippen LogP contribution >= 0.6 is 0 Å². The van der Waals surface area contributed by atoms with Crippen LogP contribution in [0.25, 0.3) is 0 Å². The number of carbonyl (C=O) groups is 2. The van der Waals surface area contributed by atoms with E-state index in [1.807, 2.05) is 19.0 Å². The Labute approximate surface area is 172 Å². The van der Waals surface area contributed by atoms with E-state index in [1.165, 1.54) is 5.56 Å². The lowest BCUT2D eigenvalue weighted by Gasteiger charge is -2.37. The van der Waals surface area contributed by atoms with Gasteiger partial charge < -0.3 is 19.6 Å². The van der Waals surface area contributed by atoms with Crippen molar-refractivity contribution in [2.75, 3.05) is 52.2 Å². The minimum absolute atomic E-state index is 0.0254. The molecule has 0 saturated carbocycles. The van der Waals surface area contributed by atoms with Gasteiger partial charge in [-0.3, -0.25) is 9.59 Å². The number of hydrogen-bond donors (Lipinski definition) is 0. The minimum atomic E-state index is -0.0994. The maximum Gasteiger partial charge on any atom is 0.242 e. The molecule has 2 amide bonds. The molecule has 0 spiro atoms. The fraction of sp³-hybridized carbons (Fsp3) is 0.714. The standard InChI is InChI=1S/C21H32N6O2/c1-24(2)21-15-13-25(3)12-9-16(15)22-20(23-21)17-7-4-5-11-27(17)19(29)14-26-10-6-8-18(26)28/h17H,4-14H2,1-3H3. The van der Waals surface area contributed by atoms with Crippen LogP contribution in [0.1, 0.15) is 55.2 Å². The predicted octanol–water partition coefficient (Wildman–Crippen LogP) is 1.21. The molecule has 158 valence electrons. The third-order valence-corrected chi connectivity index (χ3v) is 6.29. The first-order valence-corrected chi connectivity index (χ1v) is 10.8. The predicted molar refractivity (Wildman–Crippen MR) is 111 cm³/mol. The average Bonchev–Trinajstić information content (AvgIpc) is 3.11. The van der Waals surface area contributed by atoms with Gasteiger partial charge >= 0.3 is 0 Å². The van der Waals surface area contributed by atoms with Crippen LogP contribution in [0.2, 0.25) is 0 Å². The third kappa shape index (κ3) is 4.08. The van der Waals surface area contributed by atoms with Gasteiger partial charge in [-0.25, -0.2) is 9.97 Å². The number of carbonyl (C=O) groups excluding carboxylic acids is 2. The van der Waals surface area contributed by atoms with Crippen LogP contribution in [0.5, 0.6) is 0 Å². The van der Waals surface area contributed by atoms with Gasteiger partial charge in [0, 0.05) is 58.7 Å². The van der Waals surface area contributed by atoms with E-state index in [4.69, 9.17) is 9.97 Å². The highest BCUT2D eigenvalue weighted by Gasteiger charge is 2.34. The fourth-order valence-electron chi connectivity index (χ4n) is 4.69. The monoisotopic (exact) mass is 400 g/mol. The van der Waals surface area contributed by atoms with Crippen LogP contribution in [-0.2, 0) is 22.6 Å². The van der Waals surface area contributed by atoms with Crippen LogP contribution in [-0.4, -0.2) is 83.8 Å². The highest BCUT2D eigenvalue weighted by Crippen LogP contribution is 2.33. The molecule has 4 heterocycles. The Kier molecular flexibility index (Phi) is 5.72. The Morgan fingerprint density at radius 2 is 1.93 bits per heavy atom. The zero-order valence-electron chi connectivity index (χ0n) is 17.9. The molecule has 8 heteroatoms. The first-order chi connectivity index (χ1) is 13.9. The molecular weight excluding hydrogens is 368 g/mol. The van der Waals surface area contributed by atoms with Gasteiger partial charge in [-0.15, -0.1) is 0 Å². The van der Waals surface area contributed by atoms with Gasteiger partial charge in [0.05, 0.1) is 18.3 Å². The number of likely N-dealkylation sites (tertiary alicyclic amines) is 2. The van der Waals surface area contributed by atoms with Crippen molar-refractivity contribution in [3.8, 4) is 0 Å². The largest absolute Gasteiger partial charge is 0.362 e. The van der Waals surface area contributed by atoms with E-state index in [2.05, 4.69) is 16.8 Å². The second-order valence-corrected chi connectivity index (χ2v) is 8.73. The number of amides is 2. The summed E-state index contributed by atoms with van der Waals surface area (Å²) >= 11 is 0. The van der Waals surface area contributed by atoms with Gasteiger partial charge in [0.2, 0.25) is 11.8 Å². The molecule has 0 radical (unpaired) electrons. The molecular formula is C21H32N6O2. The van der Waals surface area contributed by atoms with Crippen molar-refractivity contribution >= 4 is 17.6 Å². The quantitative estimate of drug-likeness (QED) is 0.756. The molecule has 1 unspecified atom stereocenters. The topological polar surface area (TPSA) is 72.9 Å². The number of piperidine rings is 1. The van der Waals surface area contributed by atoms with Crippen LogP contribution in [0, 0.1) is 0 Å². The SMILES string of the molecule is CN1CCc2nc(C3CCCCN3C(=O)CN3CCCC3=O)nc(N(C)C)c2C1. The second kappa shape index (κ2) is 8.26. The number of anilines is 1. The van der Waals surface area contributed by atoms with Crippen LogP contribution in [0.3, 0.4) is 0 Å². The number of likely N-dealkylation sites (N-methyl/N-ethyl adjacent to an activating group) is 1. The number of fused-ring (bicyclic) bond motifs is 1. The molecule has 0 aromatic carbocycles. The van der Waals surface area contributed by atoms with Gasteiger partial charge in [-0.05, 0) is 32.7 Å². The molecule has 1 atom stereocenters. The van der Waals surface area contributed by atoms with Crippen molar-refractivity contribution in [2.24, 2.45) is 0 Å². The summed E-state index contributed by atoms with van der Waals surface area (Å²) in [7, 11) is 6.16. The molecule has 29 heavy (non-hydrogen) atoms. The summed E-state index contributed by atoms with van der Waals surface area (Å²) in [4.78, 5) is 42.9. The van der Waals surface area contributed by atoms with E-state index >= 15 is 0 Å². The van der Waals surface area contributed by atoms with Crippen LogP contribution in [0.15, 0.2) is 0 Å². The van der Waals surface area contributed by atoms with Crippen molar-refractivity contribution in [2.45, 2.75) is 51.1 Å². The number of nitrogens with zero attached hydrogens (tertiary/aromatic N) is 6. The molecule has 1 aromatic rings. The van der Waals surface area contributed by atoms with Crippen LogP contribution in [0.4, 0.5) is 5.82 Å². The highest BCUT2D eigenvalue weighted by atomic mass is 16.2. The summed E-state index contributed by atoms with van der Waals surface area (Å²) in [5.74, 6) is 1.84. The van der Waals surface area contributed by atoms with Gasteiger partial charge in [0.15, 0.2) is 5.82 Å². The molecule has 0 N–H and O–H groups in total. The maximum atomic E-state index is 13.1. The fourth-order valence-corrected chi connectivity index (χ4v) is 4.69. The molecule has 3 aliphatic rings. The molecule has 2 fully saturated rings. The smallest absolute Gasteiger partial charge is 0.242 e. The summed E-state index contributed by atoms with van der Waals surface area (Å²) in [6.07, 6.45) is 5.26. The van der Waals surface area contributed by atoms with E-state index < -0.39 is 0 Å². The summed E-state index contributed by atoms with van der Waals surface area (Å²) in [6, 6.07) is -0.0994. The van der Waals surface area contributed by atoms with Gasteiger partial charge in [0.25, 0.3) is 0 Å². The second-order valence-electron chi connectivity index (χ2n) is 8.73. The van der Waals surface area contributed by atoms with Crippen molar-refractivity contribution < 1.29 is 9.59 Å². The van der Waals surface area contributed by atoms with E-state index in [0.29, 0.717) is 19.5 Å². The van der Waals surface area contributed by atoms with Crippen molar-refractivity contribution in [3.63, 3.8) is 0 Å². The van der Waals surface area contributed by atoms with Gasteiger partial charge in [0.1, 0.15) is 5.82 Å². The van der Waals surface area contributed by atoms with Crippen LogP contribution < -0.4 is 4.90 Å². The first-order valence-electron chi connectivity index (χ1n) is 10.8. The Hall–Kier alpha value is -2.22. The lowest BCUT2D eigenvalue weighted by Crippen LogP contribution is -2.45. The summed E-state index contributed by atoms with van der Waals surface area (Å²) in [6.45, 7) is 3.43. The zero-order chi connectivity index (χ0) is 20.5. The minimum Gasteiger partial charge on any atom is -0.362 e. The average molecular weight is 401 g/mol. The van der Waals surface area contributed by atoms with E-state index in [1.54, 1.807) is 4.90 Å². The van der Waals surface area contributed by atoms with E-state index in [-0.39, 0.29) is 24.4 Å². The summed E-state index contributed by atoms with van der Waals surface area (Å²) < 4.78 is 0. The Bertz CT molecular complexity index is 796. The molecule has 3 aliphatic heterocycles. The molecule has 4 rings (SSSR count). The lowest BCUT2D eigenvalue weighted by molar-refractivity contribution is -0.141. The Morgan fingerprint density at radius 3 is 2.66 bits per heavy atom. The first kappa shape index (κ1) is 20.1. The highest BCUT2D eigenvalue weighted by molar-refractivity contribution is 5.86. The number of hydrogen-bond acceptors (Lipinski definition) is 6. The molecule has 0 aliphatic carbocycles. The zero-order valence-corrected chi connectivity index (χ0v) is 17.9. The Morgan fingerprint density at radius 1 is 1.10 bits per heavy atom. The summed E-state index contributed by atoms with van der Waals surface area (Å²) in [5.41, 5.74) is 2.31. The molecule has 8 nitrogen and oxygen atoms in total. The summed E-state index contributed by atoms with van der Waals surface area (Å²) in [5, 5.41) is 0.